The van der Waals surface area contributed by atoms with Crippen molar-refractivity contribution in [1.29, 1.82) is 0 Å². The topological polar surface area (TPSA) is 70.1 Å². The van der Waals surface area contributed by atoms with Crippen molar-refractivity contribution < 1.29 is 19.4 Å². The van der Waals surface area contributed by atoms with Crippen LogP contribution in [0.2, 0.25) is 5.02 Å². The van der Waals surface area contributed by atoms with Crippen molar-refractivity contribution in [3.05, 3.63) is 69.8 Å². The zero-order chi connectivity index (χ0) is 22.0. The van der Waals surface area contributed by atoms with Gasteiger partial charge in [-0.2, -0.15) is 0 Å². The maximum atomic E-state index is 13.0. The number of carbonyl (C=O) groups is 2. The maximum Gasteiger partial charge on any atom is 0.295 e. The van der Waals surface area contributed by atoms with Gasteiger partial charge >= 0.3 is 0 Å². The van der Waals surface area contributed by atoms with E-state index in [9.17, 15) is 14.7 Å². The molecule has 2 aromatic carbocycles. The lowest BCUT2D eigenvalue weighted by Gasteiger charge is -2.26. The highest BCUT2D eigenvalue weighted by Crippen LogP contribution is 2.40. The SMILES string of the molecule is COc1ccc(/C(O)=C2/C(=O)C(=O)N(CCN(C)C)C2c2cccc(C)c2)cc1Cl. The molecule has 1 heterocycles. The van der Waals surface area contributed by atoms with Gasteiger partial charge in [-0.05, 0) is 44.8 Å². The van der Waals surface area contributed by atoms with Crippen LogP contribution >= 0.6 is 11.6 Å². The molecule has 2 aromatic rings. The summed E-state index contributed by atoms with van der Waals surface area (Å²) in [6.45, 7) is 2.89. The Labute approximate surface area is 181 Å². The lowest BCUT2D eigenvalue weighted by atomic mass is 9.94. The maximum absolute atomic E-state index is 13.0. The predicted octanol–water partition coefficient (Wildman–Crippen LogP) is 3.64. The fourth-order valence-electron chi connectivity index (χ4n) is 3.57. The number of halogens is 1. The molecule has 1 fully saturated rings. The van der Waals surface area contributed by atoms with Crippen LogP contribution in [0.4, 0.5) is 0 Å². The van der Waals surface area contributed by atoms with Crippen LogP contribution in [0.1, 0.15) is 22.7 Å². The number of aryl methyl sites for hydroxylation is 1. The van der Waals surface area contributed by atoms with Gasteiger partial charge in [-0.15, -0.1) is 0 Å². The number of rotatable bonds is 6. The van der Waals surface area contributed by atoms with E-state index in [0.29, 0.717) is 29.4 Å². The largest absolute Gasteiger partial charge is 0.507 e. The van der Waals surface area contributed by atoms with Gasteiger partial charge in [0.2, 0.25) is 0 Å². The van der Waals surface area contributed by atoms with Gasteiger partial charge in [-0.1, -0.05) is 41.4 Å². The average molecular weight is 429 g/mol. The van der Waals surface area contributed by atoms with Crippen LogP contribution in [0.15, 0.2) is 48.0 Å². The second kappa shape index (κ2) is 8.90. The summed E-state index contributed by atoms with van der Waals surface area (Å²) < 4.78 is 5.15. The number of ether oxygens (including phenoxy) is 1. The second-order valence-corrected chi connectivity index (χ2v) is 7.97. The number of aliphatic hydroxyl groups excluding tert-OH is 1. The number of methoxy groups -OCH3 is 1. The number of aliphatic hydroxyl groups is 1. The molecule has 158 valence electrons. The fourth-order valence-corrected chi connectivity index (χ4v) is 3.83. The molecule has 30 heavy (non-hydrogen) atoms. The molecule has 1 aliphatic rings. The molecule has 0 radical (unpaired) electrons. The highest BCUT2D eigenvalue weighted by Gasteiger charge is 2.45. The van der Waals surface area contributed by atoms with Crippen LogP contribution in [0.25, 0.3) is 5.76 Å². The van der Waals surface area contributed by atoms with Crippen LogP contribution in [-0.2, 0) is 9.59 Å². The quantitative estimate of drug-likeness (QED) is 0.432. The van der Waals surface area contributed by atoms with Gasteiger partial charge in [0.05, 0.1) is 23.7 Å². The number of likely N-dealkylation sites (tertiary alicyclic amines) is 1. The van der Waals surface area contributed by atoms with Gasteiger partial charge in [0.1, 0.15) is 11.5 Å². The Balaban J connectivity index is 2.16. The van der Waals surface area contributed by atoms with E-state index in [1.807, 2.05) is 50.2 Å². The average Bonchev–Trinajstić information content (AvgIpc) is 2.96. The Kier molecular flexibility index (Phi) is 6.48. The third-order valence-corrected chi connectivity index (χ3v) is 5.41. The first-order valence-corrected chi connectivity index (χ1v) is 9.96. The monoisotopic (exact) mass is 428 g/mol. The number of nitrogens with zero attached hydrogens (tertiary/aromatic N) is 2. The van der Waals surface area contributed by atoms with E-state index in [4.69, 9.17) is 16.3 Å². The van der Waals surface area contributed by atoms with Gasteiger partial charge in [-0.25, -0.2) is 0 Å². The van der Waals surface area contributed by atoms with E-state index in [0.717, 1.165) is 11.1 Å². The van der Waals surface area contributed by atoms with Crippen molar-refractivity contribution in [3.63, 3.8) is 0 Å². The van der Waals surface area contributed by atoms with Gasteiger partial charge in [0, 0.05) is 18.7 Å². The molecule has 6 nitrogen and oxygen atoms in total. The molecule has 1 N–H and O–H groups in total. The minimum Gasteiger partial charge on any atom is -0.507 e. The van der Waals surface area contributed by atoms with Crippen LogP contribution in [0.5, 0.6) is 5.75 Å². The van der Waals surface area contributed by atoms with Crippen LogP contribution in [-0.4, -0.2) is 60.9 Å². The van der Waals surface area contributed by atoms with E-state index in [2.05, 4.69) is 0 Å². The zero-order valence-electron chi connectivity index (χ0n) is 17.5. The molecular formula is C23H25ClN2O4. The molecule has 7 heteroatoms. The van der Waals surface area contributed by atoms with E-state index in [1.54, 1.807) is 12.1 Å². The van der Waals surface area contributed by atoms with Crippen molar-refractivity contribution in [2.45, 2.75) is 13.0 Å². The van der Waals surface area contributed by atoms with Gasteiger partial charge in [0.15, 0.2) is 0 Å². The predicted molar refractivity (Wildman–Crippen MR) is 117 cm³/mol. The smallest absolute Gasteiger partial charge is 0.295 e. The highest BCUT2D eigenvalue weighted by molar-refractivity contribution is 6.46. The number of likely N-dealkylation sites (N-methyl/N-ethyl adjacent to an activating group) is 1. The molecule has 1 atom stereocenters. The summed E-state index contributed by atoms with van der Waals surface area (Å²) in [5, 5.41) is 11.4. The van der Waals surface area contributed by atoms with Crippen molar-refractivity contribution in [2.24, 2.45) is 0 Å². The van der Waals surface area contributed by atoms with Crippen molar-refractivity contribution >= 4 is 29.1 Å². The summed E-state index contributed by atoms with van der Waals surface area (Å²) in [6.07, 6.45) is 0. The summed E-state index contributed by atoms with van der Waals surface area (Å²) in [7, 11) is 5.30. The summed E-state index contributed by atoms with van der Waals surface area (Å²) in [4.78, 5) is 29.3. The Morgan fingerprint density at radius 3 is 2.53 bits per heavy atom. The van der Waals surface area contributed by atoms with Crippen LogP contribution in [0, 0.1) is 6.92 Å². The number of ketones is 1. The minimum atomic E-state index is -0.704. The van der Waals surface area contributed by atoms with Crippen molar-refractivity contribution in [2.75, 3.05) is 34.3 Å². The summed E-state index contributed by atoms with van der Waals surface area (Å²) in [5.41, 5.74) is 2.18. The number of Topliss-reactive ketones (excluding diaryl/α,β-unsaturated/α-hetero) is 1. The van der Waals surface area contributed by atoms with E-state index in [-0.39, 0.29) is 11.3 Å². The molecule has 1 unspecified atom stereocenters. The molecule has 0 bridgehead atoms. The van der Waals surface area contributed by atoms with Crippen molar-refractivity contribution in [3.8, 4) is 5.75 Å². The summed E-state index contributed by atoms with van der Waals surface area (Å²) in [5.74, 6) is -1.12. The molecule has 3 rings (SSSR count). The number of amides is 1. The molecule has 1 saturated heterocycles. The number of carbonyl (C=O) groups excluding carboxylic acids is 2. The van der Waals surface area contributed by atoms with E-state index < -0.39 is 17.7 Å². The normalized spacial score (nSPS) is 18.3. The highest BCUT2D eigenvalue weighted by atomic mass is 35.5. The third-order valence-electron chi connectivity index (χ3n) is 5.11. The Morgan fingerprint density at radius 2 is 1.93 bits per heavy atom. The standard InChI is InChI=1S/C23H25ClN2O4/c1-14-6-5-7-15(12-14)20-19(22(28)23(29)26(20)11-10-25(2)3)21(27)16-8-9-18(30-4)17(24)13-16/h5-9,12-13,20,27H,10-11H2,1-4H3/b21-19-. The third kappa shape index (κ3) is 4.20. The molecule has 1 aliphatic heterocycles. The van der Waals surface area contributed by atoms with Gasteiger partial charge in [0.25, 0.3) is 11.7 Å². The zero-order valence-corrected chi connectivity index (χ0v) is 18.2. The van der Waals surface area contributed by atoms with Crippen molar-refractivity contribution in [1.82, 2.24) is 9.80 Å². The molecule has 0 aromatic heterocycles. The van der Waals surface area contributed by atoms with E-state index >= 15 is 0 Å². The number of hydrogen-bond donors (Lipinski definition) is 1. The van der Waals surface area contributed by atoms with Crippen LogP contribution in [0.3, 0.4) is 0 Å². The lowest BCUT2D eigenvalue weighted by molar-refractivity contribution is -0.140. The Morgan fingerprint density at radius 1 is 1.20 bits per heavy atom. The van der Waals surface area contributed by atoms with Gasteiger partial charge < -0.3 is 19.6 Å². The van der Waals surface area contributed by atoms with Crippen LogP contribution < -0.4 is 4.74 Å². The Hall–Kier alpha value is -2.83. The first-order valence-electron chi connectivity index (χ1n) is 9.58. The van der Waals surface area contributed by atoms with Gasteiger partial charge in [-0.3, -0.25) is 9.59 Å². The molecule has 1 amide bonds. The van der Waals surface area contributed by atoms with E-state index in [1.165, 1.54) is 18.1 Å². The number of benzene rings is 2. The first kappa shape index (κ1) is 21.9. The first-order chi connectivity index (χ1) is 14.2. The lowest BCUT2D eigenvalue weighted by Crippen LogP contribution is -2.35. The fraction of sp³-hybridized carbons (Fsp3) is 0.304. The summed E-state index contributed by atoms with van der Waals surface area (Å²) >= 11 is 6.21. The summed E-state index contributed by atoms with van der Waals surface area (Å²) in [6, 6.07) is 11.7. The minimum absolute atomic E-state index is 0.0607. The molecular weight excluding hydrogens is 404 g/mol. The number of hydrogen-bond acceptors (Lipinski definition) is 5. The molecule has 0 spiro atoms. The second-order valence-electron chi connectivity index (χ2n) is 7.56. The molecule has 0 saturated carbocycles. The molecule has 0 aliphatic carbocycles. The Bertz CT molecular complexity index is 1020.